The van der Waals surface area contributed by atoms with Gasteiger partial charge in [0.1, 0.15) is 17.3 Å². The molecule has 0 atom stereocenters. The van der Waals surface area contributed by atoms with Gasteiger partial charge in [-0.3, -0.25) is 0 Å². The van der Waals surface area contributed by atoms with Crippen molar-refractivity contribution >= 4 is 5.82 Å². The van der Waals surface area contributed by atoms with Crippen LogP contribution in [0.3, 0.4) is 0 Å². The molecule has 2 rings (SSSR count). The minimum absolute atomic E-state index is 0.00300. The molecule has 0 spiro atoms. The summed E-state index contributed by atoms with van der Waals surface area (Å²) in [5.74, 6) is 2.65. The molecule has 0 aliphatic carbocycles. The lowest BCUT2D eigenvalue weighted by atomic mass is 10.1. The average molecular weight is 256 g/mol. The SMILES string of the molecule is CCc1nc(-c2cc(F)c(F)cc2F)c(N)n1N. The molecule has 0 saturated carbocycles. The zero-order valence-corrected chi connectivity index (χ0v) is 9.54. The zero-order chi connectivity index (χ0) is 13.4. The van der Waals surface area contributed by atoms with Crippen LogP contribution in [-0.4, -0.2) is 9.66 Å². The minimum Gasteiger partial charge on any atom is -0.382 e. The summed E-state index contributed by atoms with van der Waals surface area (Å²) in [4.78, 5) is 4.01. The number of hydrogen-bond acceptors (Lipinski definition) is 3. The van der Waals surface area contributed by atoms with Crippen LogP contribution in [0.4, 0.5) is 19.0 Å². The van der Waals surface area contributed by atoms with Gasteiger partial charge in [0.15, 0.2) is 17.5 Å². The fourth-order valence-electron chi connectivity index (χ4n) is 1.64. The van der Waals surface area contributed by atoms with Gasteiger partial charge in [0.25, 0.3) is 0 Å². The molecule has 1 aromatic carbocycles. The van der Waals surface area contributed by atoms with E-state index in [1.54, 1.807) is 6.92 Å². The third-order valence-corrected chi connectivity index (χ3v) is 2.60. The molecular formula is C11H11F3N4. The van der Waals surface area contributed by atoms with Gasteiger partial charge in [-0.1, -0.05) is 6.92 Å². The first-order chi connectivity index (χ1) is 8.45. The van der Waals surface area contributed by atoms with Gasteiger partial charge in [0.2, 0.25) is 0 Å². The largest absolute Gasteiger partial charge is 0.382 e. The molecule has 4 nitrogen and oxygen atoms in total. The molecule has 7 heteroatoms. The van der Waals surface area contributed by atoms with Crippen molar-refractivity contribution < 1.29 is 13.2 Å². The summed E-state index contributed by atoms with van der Waals surface area (Å²) in [5, 5.41) is 0. The topological polar surface area (TPSA) is 69.9 Å². The van der Waals surface area contributed by atoms with E-state index in [-0.39, 0.29) is 17.1 Å². The Labute approximate surface area is 101 Å². The fourth-order valence-corrected chi connectivity index (χ4v) is 1.64. The molecule has 0 bridgehead atoms. The van der Waals surface area contributed by atoms with E-state index >= 15 is 0 Å². The normalized spacial score (nSPS) is 10.9. The van der Waals surface area contributed by atoms with Crippen LogP contribution in [0, 0.1) is 17.5 Å². The molecule has 18 heavy (non-hydrogen) atoms. The number of nitrogens with two attached hydrogens (primary N) is 2. The summed E-state index contributed by atoms with van der Waals surface area (Å²) in [6, 6.07) is 1.16. The highest BCUT2D eigenvalue weighted by Crippen LogP contribution is 2.29. The summed E-state index contributed by atoms with van der Waals surface area (Å²) in [6.07, 6.45) is 0.478. The number of aromatic nitrogens is 2. The van der Waals surface area contributed by atoms with Crippen molar-refractivity contribution in [1.82, 2.24) is 9.66 Å². The van der Waals surface area contributed by atoms with Crippen LogP contribution in [-0.2, 0) is 6.42 Å². The van der Waals surface area contributed by atoms with Gasteiger partial charge < -0.3 is 11.6 Å². The lowest BCUT2D eigenvalue weighted by Gasteiger charge is -2.03. The van der Waals surface area contributed by atoms with Crippen molar-refractivity contribution in [2.75, 3.05) is 11.6 Å². The number of hydrogen-bond donors (Lipinski definition) is 2. The third kappa shape index (κ3) is 1.77. The highest BCUT2D eigenvalue weighted by molar-refractivity contribution is 5.71. The minimum atomic E-state index is -1.27. The highest BCUT2D eigenvalue weighted by atomic mass is 19.2. The van der Waals surface area contributed by atoms with E-state index in [2.05, 4.69) is 4.98 Å². The second-order valence-corrected chi connectivity index (χ2v) is 3.73. The zero-order valence-electron chi connectivity index (χ0n) is 9.54. The maximum absolute atomic E-state index is 13.6. The molecule has 0 saturated heterocycles. The number of halogens is 3. The molecular weight excluding hydrogens is 245 g/mol. The molecule has 0 aliphatic rings. The number of imidazole rings is 1. The van der Waals surface area contributed by atoms with Crippen LogP contribution in [0.2, 0.25) is 0 Å². The molecule has 4 N–H and O–H groups in total. The van der Waals surface area contributed by atoms with Gasteiger partial charge >= 0.3 is 0 Å². The Kier molecular flexibility index (Phi) is 2.90. The number of aryl methyl sites for hydroxylation is 1. The predicted molar refractivity (Wildman–Crippen MR) is 61.5 cm³/mol. The molecule has 0 aliphatic heterocycles. The number of nitrogens with zero attached hydrogens (tertiary/aromatic N) is 2. The van der Waals surface area contributed by atoms with Crippen molar-refractivity contribution in [3.63, 3.8) is 0 Å². The second kappa shape index (κ2) is 4.25. The van der Waals surface area contributed by atoms with Crippen LogP contribution in [0.1, 0.15) is 12.7 Å². The van der Waals surface area contributed by atoms with E-state index in [0.29, 0.717) is 24.4 Å². The Morgan fingerprint density at radius 3 is 2.33 bits per heavy atom. The maximum Gasteiger partial charge on any atom is 0.161 e. The van der Waals surface area contributed by atoms with Crippen molar-refractivity contribution in [3.8, 4) is 11.3 Å². The lowest BCUT2D eigenvalue weighted by molar-refractivity contribution is 0.496. The predicted octanol–water partition coefficient (Wildman–Crippen LogP) is 1.83. The van der Waals surface area contributed by atoms with Crippen molar-refractivity contribution in [3.05, 3.63) is 35.4 Å². The van der Waals surface area contributed by atoms with E-state index in [4.69, 9.17) is 11.6 Å². The number of nitrogen functional groups attached to an aromatic ring is 2. The van der Waals surface area contributed by atoms with Crippen LogP contribution in [0.5, 0.6) is 0 Å². The van der Waals surface area contributed by atoms with Crippen LogP contribution >= 0.6 is 0 Å². The summed E-state index contributed by atoms with van der Waals surface area (Å²) in [7, 11) is 0. The van der Waals surface area contributed by atoms with E-state index in [9.17, 15) is 13.2 Å². The molecule has 1 aromatic heterocycles. The Balaban J connectivity index is 2.66. The second-order valence-electron chi connectivity index (χ2n) is 3.73. The smallest absolute Gasteiger partial charge is 0.161 e. The summed E-state index contributed by atoms with van der Waals surface area (Å²) < 4.78 is 40.6. The van der Waals surface area contributed by atoms with E-state index in [1.807, 2.05) is 0 Å². The maximum atomic E-state index is 13.6. The first-order valence-corrected chi connectivity index (χ1v) is 5.22. The first-order valence-electron chi connectivity index (χ1n) is 5.22. The van der Waals surface area contributed by atoms with Crippen molar-refractivity contribution in [2.45, 2.75) is 13.3 Å². The fraction of sp³-hybridized carbons (Fsp3) is 0.182. The van der Waals surface area contributed by atoms with Crippen molar-refractivity contribution in [1.29, 1.82) is 0 Å². The van der Waals surface area contributed by atoms with Crippen LogP contribution in [0.25, 0.3) is 11.3 Å². The van der Waals surface area contributed by atoms with E-state index in [0.717, 1.165) is 4.68 Å². The molecule has 0 amide bonds. The summed E-state index contributed by atoms with van der Waals surface area (Å²) in [5.41, 5.74) is 5.45. The monoisotopic (exact) mass is 256 g/mol. The lowest BCUT2D eigenvalue weighted by Crippen LogP contribution is -2.14. The van der Waals surface area contributed by atoms with E-state index < -0.39 is 17.5 Å². The van der Waals surface area contributed by atoms with E-state index in [1.165, 1.54) is 0 Å². The number of rotatable bonds is 2. The standard InChI is InChI=1S/C11H11F3N4/c1-2-9-17-10(11(15)18(9)16)5-3-7(13)8(14)4-6(5)12/h3-4H,2,15-16H2,1H3. The molecule has 96 valence electrons. The summed E-state index contributed by atoms with van der Waals surface area (Å²) in [6.45, 7) is 1.79. The molecule has 1 heterocycles. The Bertz CT molecular complexity index is 607. The number of anilines is 1. The Morgan fingerprint density at radius 2 is 1.78 bits per heavy atom. The summed E-state index contributed by atoms with van der Waals surface area (Å²) >= 11 is 0. The first kappa shape index (κ1) is 12.3. The molecule has 0 fully saturated rings. The number of benzene rings is 1. The average Bonchev–Trinajstić information content (AvgIpc) is 2.61. The molecule has 0 unspecified atom stereocenters. The van der Waals surface area contributed by atoms with Crippen LogP contribution < -0.4 is 11.6 Å². The molecule has 2 aromatic rings. The van der Waals surface area contributed by atoms with Gasteiger partial charge in [-0.2, -0.15) is 0 Å². The van der Waals surface area contributed by atoms with Gasteiger partial charge in [-0.15, -0.1) is 0 Å². The Hall–Kier alpha value is -2.18. The molecule has 0 radical (unpaired) electrons. The quantitative estimate of drug-likeness (QED) is 0.636. The van der Waals surface area contributed by atoms with Gasteiger partial charge in [0, 0.05) is 18.1 Å². The highest BCUT2D eigenvalue weighted by Gasteiger charge is 2.19. The third-order valence-electron chi connectivity index (χ3n) is 2.60. The Morgan fingerprint density at radius 1 is 1.17 bits per heavy atom. The van der Waals surface area contributed by atoms with Gasteiger partial charge in [-0.05, 0) is 6.07 Å². The van der Waals surface area contributed by atoms with Gasteiger partial charge in [0.05, 0.1) is 0 Å². The van der Waals surface area contributed by atoms with Crippen LogP contribution in [0.15, 0.2) is 12.1 Å². The van der Waals surface area contributed by atoms with Crippen molar-refractivity contribution in [2.24, 2.45) is 0 Å². The van der Waals surface area contributed by atoms with Gasteiger partial charge in [-0.25, -0.2) is 22.8 Å².